The van der Waals surface area contributed by atoms with Crippen molar-refractivity contribution in [3.63, 3.8) is 0 Å². The summed E-state index contributed by atoms with van der Waals surface area (Å²) in [7, 11) is 1.61. The summed E-state index contributed by atoms with van der Waals surface area (Å²) in [5.74, 6) is 0.235. The van der Waals surface area contributed by atoms with Gasteiger partial charge in [-0.1, -0.05) is 30.3 Å². The zero-order chi connectivity index (χ0) is 19.4. The second-order valence-corrected chi connectivity index (χ2v) is 5.81. The van der Waals surface area contributed by atoms with E-state index in [4.69, 9.17) is 4.74 Å². The number of non-ortho nitro benzene ring substituents is 1. The van der Waals surface area contributed by atoms with Gasteiger partial charge in [0.1, 0.15) is 5.75 Å². The molecule has 0 aromatic heterocycles. The average molecular weight is 363 g/mol. The van der Waals surface area contributed by atoms with Crippen molar-refractivity contribution in [2.75, 3.05) is 7.11 Å². The highest BCUT2D eigenvalue weighted by molar-refractivity contribution is 6.11. The first kappa shape index (κ1) is 18.1. The first-order valence-electron chi connectivity index (χ1n) is 8.16. The molecule has 0 atom stereocenters. The van der Waals surface area contributed by atoms with Gasteiger partial charge in [-0.25, -0.2) is 5.43 Å². The van der Waals surface area contributed by atoms with Crippen molar-refractivity contribution in [3.8, 4) is 5.75 Å². The highest BCUT2D eigenvalue weighted by Crippen LogP contribution is 2.28. The minimum Gasteiger partial charge on any atom is -0.496 e. The number of hydrogen-bond donors (Lipinski definition) is 1. The van der Waals surface area contributed by atoms with E-state index in [1.807, 2.05) is 36.4 Å². The fourth-order valence-corrected chi connectivity index (χ4v) is 2.79. The van der Waals surface area contributed by atoms with Crippen LogP contribution in [0, 0.1) is 10.1 Å². The number of nitrogens with one attached hydrogen (secondary N) is 1. The van der Waals surface area contributed by atoms with E-state index in [-0.39, 0.29) is 11.3 Å². The monoisotopic (exact) mass is 363 g/mol. The van der Waals surface area contributed by atoms with Crippen molar-refractivity contribution >= 4 is 28.1 Å². The molecule has 0 saturated carbocycles. The molecule has 3 aromatic rings. The first-order chi connectivity index (χ1) is 13.0. The zero-order valence-corrected chi connectivity index (χ0v) is 14.8. The van der Waals surface area contributed by atoms with Crippen LogP contribution in [-0.2, 0) is 0 Å². The number of fused-ring (bicyclic) bond motifs is 1. The summed E-state index contributed by atoms with van der Waals surface area (Å²) in [6.45, 7) is 1.78. The van der Waals surface area contributed by atoms with Gasteiger partial charge in [0, 0.05) is 28.6 Å². The molecule has 0 aliphatic heterocycles. The molecule has 0 aliphatic carbocycles. The fourth-order valence-electron chi connectivity index (χ4n) is 2.79. The number of carbonyl (C=O) groups is 1. The Morgan fingerprint density at radius 3 is 2.52 bits per heavy atom. The largest absolute Gasteiger partial charge is 0.496 e. The van der Waals surface area contributed by atoms with Crippen LogP contribution < -0.4 is 10.2 Å². The second kappa shape index (κ2) is 7.65. The van der Waals surface area contributed by atoms with Crippen LogP contribution in [0.1, 0.15) is 22.8 Å². The maximum Gasteiger partial charge on any atom is 0.271 e. The summed E-state index contributed by atoms with van der Waals surface area (Å²) in [5, 5.41) is 16.9. The first-order valence-corrected chi connectivity index (χ1v) is 8.16. The van der Waals surface area contributed by atoms with Gasteiger partial charge >= 0.3 is 0 Å². The predicted octanol–water partition coefficient (Wildman–Crippen LogP) is 3.91. The van der Waals surface area contributed by atoms with Crippen LogP contribution in [0.3, 0.4) is 0 Å². The lowest BCUT2D eigenvalue weighted by Gasteiger charge is -2.10. The molecule has 7 heteroatoms. The number of nitro groups is 1. The predicted molar refractivity (Wildman–Crippen MR) is 103 cm³/mol. The number of hydrazone groups is 1. The molecule has 136 valence electrons. The number of methoxy groups -OCH3 is 1. The van der Waals surface area contributed by atoms with Gasteiger partial charge in [0.25, 0.3) is 11.6 Å². The molecule has 0 fully saturated rings. The minimum absolute atomic E-state index is 0.149. The smallest absolute Gasteiger partial charge is 0.271 e. The van der Waals surface area contributed by atoms with E-state index in [1.54, 1.807) is 14.0 Å². The highest BCUT2D eigenvalue weighted by Gasteiger charge is 2.12. The van der Waals surface area contributed by atoms with Crippen LogP contribution in [-0.4, -0.2) is 23.7 Å². The molecule has 3 aromatic carbocycles. The second-order valence-electron chi connectivity index (χ2n) is 5.81. The molecule has 1 amide bonds. The molecule has 0 heterocycles. The van der Waals surface area contributed by atoms with Gasteiger partial charge in [-0.15, -0.1) is 0 Å². The summed E-state index contributed by atoms with van der Waals surface area (Å²) >= 11 is 0. The van der Waals surface area contributed by atoms with Gasteiger partial charge in [0.15, 0.2) is 0 Å². The molecule has 0 bridgehead atoms. The van der Waals surface area contributed by atoms with E-state index in [1.165, 1.54) is 24.3 Å². The summed E-state index contributed by atoms with van der Waals surface area (Å²) in [6.07, 6.45) is 0. The lowest BCUT2D eigenvalue weighted by molar-refractivity contribution is -0.384. The Morgan fingerprint density at radius 1 is 1.07 bits per heavy atom. The molecule has 27 heavy (non-hydrogen) atoms. The maximum atomic E-state index is 12.3. The van der Waals surface area contributed by atoms with Crippen LogP contribution in [0.2, 0.25) is 0 Å². The molecule has 1 N–H and O–H groups in total. The fraction of sp³-hybridized carbons (Fsp3) is 0.100. The van der Waals surface area contributed by atoms with Gasteiger partial charge in [-0.3, -0.25) is 14.9 Å². The van der Waals surface area contributed by atoms with Crippen molar-refractivity contribution < 1.29 is 14.5 Å². The Bertz CT molecular complexity index is 1060. The molecule has 3 rings (SSSR count). The number of amides is 1. The van der Waals surface area contributed by atoms with Crippen LogP contribution in [0.4, 0.5) is 5.69 Å². The van der Waals surface area contributed by atoms with Crippen LogP contribution in [0.15, 0.2) is 65.8 Å². The Morgan fingerprint density at radius 2 is 1.81 bits per heavy atom. The standard InChI is InChI=1S/C20H17N3O4/c1-13(16-10-11-19(27-2)18-9-4-3-8-17(16)18)21-22-20(24)14-6-5-7-15(12-14)23(25)26/h3-12H,1-2H3,(H,22,24)/b21-13-. The number of nitro benzene ring substituents is 1. The summed E-state index contributed by atoms with van der Waals surface area (Å²) in [4.78, 5) is 22.6. The van der Waals surface area contributed by atoms with Gasteiger partial charge in [-0.05, 0) is 30.5 Å². The van der Waals surface area contributed by atoms with Gasteiger partial charge in [0.05, 0.1) is 17.7 Å². The molecule has 0 unspecified atom stereocenters. The van der Waals surface area contributed by atoms with Crippen LogP contribution in [0.5, 0.6) is 5.75 Å². The summed E-state index contributed by atoms with van der Waals surface area (Å²) < 4.78 is 5.38. The third-order valence-corrected chi connectivity index (χ3v) is 4.14. The van der Waals surface area contributed by atoms with Crippen molar-refractivity contribution in [1.82, 2.24) is 5.43 Å². The molecule has 0 spiro atoms. The SMILES string of the molecule is COc1ccc(/C(C)=N\NC(=O)c2cccc([N+](=O)[O-])c2)c2ccccc12. The summed E-state index contributed by atoms with van der Waals surface area (Å²) in [5.41, 5.74) is 3.93. The maximum absolute atomic E-state index is 12.3. The Labute approximate surface area is 155 Å². The van der Waals surface area contributed by atoms with E-state index >= 15 is 0 Å². The third-order valence-electron chi connectivity index (χ3n) is 4.14. The van der Waals surface area contributed by atoms with Crippen molar-refractivity contribution in [1.29, 1.82) is 0 Å². The Hall–Kier alpha value is -3.74. The Balaban J connectivity index is 1.88. The Kier molecular flexibility index (Phi) is 5.12. The van der Waals surface area contributed by atoms with E-state index in [0.29, 0.717) is 5.71 Å². The third kappa shape index (κ3) is 3.77. The number of hydrogen-bond acceptors (Lipinski definition) is 5. The van der Waals surface area contributed by atoms with E-state index in [2.05, 4.69) is 10.5 Å². The van der Waals surface area contributed by atoms with Crippen molar-refractivity contribution in [2.24, 2.45) is 5.10 Å². The van der Waals surface area contributed by atoms with Gasteiger partial charge in [-0.2, -0.15) is 5.10 Å². The lowest BCUT2D eigenvalue weighted by atomic mass is 10.0. The lowest BCUT2D eigenvalue weighted by Crippen LogP contribution is -2.19. The van der Waals surface area contributed by atoms with Gasteiger partial charge in [0.2, 0.25) is 0 Å². The molecule has 7 nitrogen and oxygen atoms in total. The minimum atomic E-state index is -0.547. The highest BCUT2D eigenvalue weighted by atomic mass is 16.6. The molecule has 0 radical (unpaired) electrons. The molecule has 0 saturated heterocycles. The van der Waals surface area contributed by atoms with E-state index < -0.39 is 10.8 Å². The molecule has 0 aliphatic rings. The average Bonchev–Trinajstić information content (AvgIpc) is 2.70. The van der Waals surface area contributed by atoms with Crippen LogP contribution >= 0.6 is 0 Å². The van der Waals surface area contributed by atoms with Crippen molar-refractivity contribution in [2.45, 2.75) is 6.92 Å². The summed E-state index contributed by atoms with van der Waals surface area (Å²) in [6, 6.07) is 17.0. The molecular weight excluding hydrogens is 346 g/mol. The van der Waals surface area contributed by atoms with Gasteiger partial charge < -0.3 is 4.74 Å². The number of rotatable bonds is 5. The quantitative estimate of drug-likeness (QED) is 0.422. The van der Waals surface area contributed by atoms with E-state index in [0.717, 1.165) is 22.1 Å². The number of carbonyl (C=O) groups excluding carboxylic acids is 1. The molecular formula is C20H17N3O4. The topological polar surface area (TPSA) is 93.8 Å². The number of benzene rings is 3. The van der Waals surface area contributed by atoms with Crippen LogP contribution in [0.25, 0.3) is 10.8 Å². The number of ether oxygens (including phenoxy) is 1. The normalized spacial score (nSPS) is 11.3. The number of nitrogens with zero attached hydrogens (tertiary/aromatic N) is 2. The zero-order valence-electron chi connectivity index (χ0n) is 14.8. The van der Waals surface area contributed by atoms with E-state index in [9.17, 15) is 14.9 Å². The van der Waals surface area contributed by atoms with Crippen molar-refractivity contribution in [3.05, 3.63) is 81.9 Å².